The van der Waals surface area contributed by atoms with E-state index in [0.29, 0.717) is 18.2 Å². The summed E-state index contributed by atoms with van der Waals surface area (Å²) in [6, 6.07) is 14.3. The molecule has 0 N–H and O–H groups in total. The minimum Gasteiger partial charge on any atom is -0.489 e. The highest BCUT2D eigenvalue weighted by molar-refractivity contribution is 5.92. The molecule has 1 aliphatic heterocycles. The molecular weight excluding hydrogens is 376 g/mol. The number of hydrogen-bond acceptors (Lipinski definition) is 4. The number of likely N-dealkylation sites (tertiary alicyclic amines) is 1. The van der Waals surface area contributed by atoms with Gasteiger partial charge in [-0.3, -0.25) is 14.5 Å². The van der Waals surface area contributed by atoms with Crippen molar-refractivity contribution in [2.24, 2.45) is 13.0 Å². The first-order valence-corrected chi connectivity index (χ1v) is 10.5. The normalized spacial score (nSPS) is 14.7. The van der Waals surface area contributed by atoms with Gasteiger partial charge in [0.1, 0.15) is 18.1 Å². The fraction of sp³-hybridized carbons (Fsp3) is 0.375. The van der Waals surface area contributed by atoms with Crippen LogP contribution in [-0.4, -0.2) is 38.7 Å². The van der Waals surface area contributed by atoms with Crippen molar-refractivity contribution in [3.05, 3.63) is 77.4 Å². The predicted octanol–water partition coefficient (Wildman–Crippen LogP) is 3.80. The number of pyridine rings is 1. The minimum absolute atomic E-state index is 0.0927. The van der Waals surface area contributed by atoms with E-state index in [1.807, 2.05) is 37.1 Å². The van der Waals surface area contributed by atoms with Crippen LogP contribution in [0.15, 0.2) is 54.9 Å². The lowest BCUT2D eigenvalue weighted by Crippen LogP contribution is -2.39. The van der Waals surface area contributed by atoms with Gasteiger partial charge in [0.15, 0.2) is 0 Å². The van der Waals surface area contributed by atoms with Gasteiger partial charge in [0.25, 0.3) is 5.91 Å². The van der Waals surface area contributed by atoms with Crippen LogP contribution in [0.3, 0.4) is 0 Å². The summed E-state index contributed by atoms with van der Waals surface area (Å²) >= 11 is 0. The van der Waals surface area contributed by atoms with Crippen molar-refractivity contribution < 1.29 is 9.53 Å². The Morgan fingerprint density at radius 1 is 1.07 bits per heavy atom. The monoisotopic (exact) mass is 404 g/mol. The Kier molecular flexibility index (Phi) is 6.12. The van der Waals surface area contributed by atoms with E-state index in [9.17, 15) is 4.79 Å². The van der Waals surface area contributed by atoms with Crippen molar-refractivity contribution in [3.8, 4) is 5.75 Å². The summed E-state index contributed by atoms with van der Waals surface area (Å²) in [5.74, 6) is 1.54. The maximum Gasteiger partial charge on any atom is 0.272 e. The lowest BCUT2D eigenvalue weighted by Gasteiger charge is -2.32. The van der Waals surface area contributed by atoms with Gasteiger partial charge in [0.05, 0.1) is 5.69 Å². The van der Waals surface area contributed by atoms with Gasteiger partial charge in [0, 0.05) is 32.5 Å². The van der Waals surface area contributed by atoms with E-state index >= 15 is 0 Å². The first-order chi connectivity index (χ1) is 14.6. The third-order valence-corrected chi connectivity index (χ3v) is 5.73. The largest absolute Gasteiger partial charge is 0.489 e. The highest BCUT2D eigenvalue weighted by atomic mass is 16.5. The van der Waals surface area contributed by atoms with Gasteiger partial charge >= 0.3 is 0 Å². The van der Waals surface area contributed by atoms with Crippen molar-refractivity contribution in [1.29, 1.82) is 0 Å². The molecule has 0 radical (unpaired) electrons. The number of ether oxygens (including phenoxy) is 1. The quantitative estimate of drug-likeness (QED) is 0.627. The summed E-state index contributed by atoms with van der Waals surface area (Å²) in [5, 5.41) is 4.29. The van der Waals surface area contributed by atoms with Crippen molar-refractivity contribution in [1.82, 2.24) is 19.7 Å². The Bertz CT molecular complexity index is 974. The van der Waals surface area contributed by atoms with E-state index in [1.54, 1.807) is 17.1 Å². The SMILES string of the molecule is Cc1cc(C(=O)N2CCC(Cc3ccc(COc4ccncc4)cc3)CC2)n(C)n1. The third-order valence-electron chi connectivity index (χ3n) is 5.73. The second-order valence-electron chi connectivity index (χ2n) is 8.02. The van der Waals surface area contributed by atoms with Crippen LogP contribution in [0.1, 0.15) is 40.2 Å². The highest BCUT2D eigenvalue weighted by Gasteiger charge is 2.25. The molecule has 6 nitrogen and oxygen atoms in total. The number of rotatable bonds is 6. The molecule has 1 saturated heterocycles. The van der Waals surface area contributed by atoms with Crippen LogP contribution < -0.4 is 4.74 Å². The summed E-state index contributed by atoms with van der Waals surface area (Å²) in [4.78, 5) is 18.7. The molecule has 3 heterocycles. The van der Waals surface area contributed by atoms with Crippen LogP contribution in [0.2, 0.25) is 0 Å². The predicted molar refractivity (Wildman–Crippen MR) is 115 cm³/mol. The number of benzene rings is 1. The molecule has 0 aliphatic carbocycles. The maximum atomic E-state index is 12.8. The average molecular weight is 405 g/mol. The Morgan fingerprint density at radius 2 is 1.73 bits per heavy atom. The molecule has 1 fully saturated rings. The number of carbonyl (C=O) groups excluding carboxylic acids is 1. The van der Waals surface area contributed by atoms with Crippen LogP contribution in [0, 0.1) is 12.8 Å². The van der Waals surface area contributed by atoms with Crippen molar-refractivity contribution >= 4 is 5.91 Å². The maximum absolute atomic E-state index is 12.8. The van der Waals surface area contributed by atoms with Crippen LogP contribution in [-0.2, 0) is 20.1 Å². The zero-order valence-electron chi connectivity index (χ0n) is 17.6. The van der Waals surface area contributed by atoms with Gasteiger partial charge < -0.3 is 9.64 Å². The molecule has 2 aromatic heterocycles. The zero-order chi connectivity index (χ0) is 20.9. The van der Waals surface area contributed by atoms with E-state index in [4.69, 9.17) is 4.74 Å². The lowest BCUT2D eigenvalue weighted by atomic mass is 9.90. The molecule has 0 atom stereocenters. The van der Waals surface area contributed by atoms with Gasteiger partial charge in [-0.2, -0.15) is 5.10 Å². The number of amides is 1. The molecule has 156 valence electrons. The fourth-order valence-electron chi connectivity index (χ4n) is 4.02. The smallest absolute Gasteiger partial charge is 0.272 e. The first-order valence-electron chi connectivity index (χ1n) is 10.5. The number of hydrogen-bond donors (Lipinski definition) is 0. The molecule has 1 amide bonds. The van der Waals surface area contributed by atoms with Crippen LogP contribution in [0.5, 0.6) is 5.75 Å². The van der Waals surface area contributed by atoms with Crippen LogP contribution >= 0.6 is 0 Å². The van der Waals surface area contributed by atoms with Crippen molar-refractivity contribution in [2.75, 3.05) is 13.1 Å². The summed E-state index contributed by atoms with van der Waals surface area (Å²) in [6.45, 7) is 4.09. The number of piperidine rings is 1. The molecule has 0 saturated carbocycles. The standard InChI is InChI=1S/C24H28N4O2/c1-18-15-23(27(2)26-18)24(29)28-13-9-20(10-14-28)16-19-3-5-21(6-4-19)17-30-22-7-11-25-12-8-22/h3-8,11-12,15,20H,9-10,13-14,16-17H2,1-2H3. The van der Waals surface area contributed by atoms with Gasteiger partial charge in [-0.25, -0.2) is 0 Å². The van der Waals surface area contributed by atoms with Crippen LogP contribution in [0.4, 0.5) is 0 Å². The Labute approximate surface area is 177 Å². The summed E-state index contributed by atoms with van der Waals surface area (Å²) < 4.78 is 7.46. The fourth-order valence-corrected chi connectivity index (χ4v) is 4.02. The summed E-state index contributed by atoms with van der Waals surface area (Å²) in [6.07, 6.45) is 6.59. The Hall–Kier alpha value is -3.15. The zero-order valence-corrected chi connectivity index (χ0v) is 17.6. The van der Waals surface area contributed by atoms with Gasteiger partial charge in [-0.1, -0.05) is 24.3 Å². The number of aromatic nitrogens is 3. The van der Waals surface area contributed by atoms with Gasteiger partial charge in [-0.15, -0.1) is 0 Å². The Balaban J connectivity index is 1.25. The molecule has 0 unspecified atom stereocenters. The molecule has 0 bridgehead atoms. The van der Waals surface area contributed by atoms with E-state index in [2.05, 4.69) is 34.3 Å². The molecule has 6 heteroatoms. The number of nitrogens with zero attached hydrogens (tertiary/aromatic N) is 4. The lowest BCUT2D eigenvalue weighted by molar-refractivity contribution is 0.0679. The summed E-state index contributed by atoms with van der Waals surface area (Å²) in [7, 11) is 1.83. The van der Waals surface area contributed by atoms with Crippen molar-refractivity contribution in [3.63, 3.8) is 0 Å². The topological polar surface area (TPSA) is 60.3 Å². The molecule has 1 aliphatic rings. The van der Waals surface area contributed by atoms with Crippen molar-refractivity contribution in [2.45, 2.75) is 32.8 Å². The second-order valence-corrected chi connectivity index (χ2v) is 8.02. The first kappa shape index (κ1) is 20.1. The number of aryl methyl sites for hydroxylation is 2. The third kappa shape index (κ3) is 4.87. The minimum atomic E-state index is 0.0927. The highest BCUT2D eigenvalue weighted by Crippen LogP contribution is 2.23. The summed E-state index contributed by atoms with van der Waals surface area (Å²) in [5.41, 5.74) is 4.05. The Morgan fingerprint density at radius 3 is 2.37 bits per heavy atom. The van der Waals surface area contributed by atoms with Gasteiger partial charge in [-0.05, 0) is 61.4 Å². The molecule has 4 rings (SSSR count). The molecular formula is C24H28N4O2. The molecule has 30 heavy (non-hydrogen) atoms. The van der Waals surface area contributed by atoms with Gasteiger partial charge in [0.2, 0.25) is 0 Å². The average Bonchev–Trinajstić information content (AvgIpc) is 3.12. The number of carbonyl (C=O) groups is 1. The molecule has 0 spiro atoms. The second kappa shape index (κ2) is 9.11. The van der Waals surface area contributed by atoms with E-state index in [-0.39, 0.29) is 5.91 Å². The molecule has 1 aromatic carbocycles. The molecule has 3 aromatic rings. The van der Waals surface area contributed by atoms with E-state index < -0.39 is 0 Å². The van der Waals surface area contributed by atoms with E-state index in [1.165, 1.54) is 5.56 Å². The van der Waals surface area contributed by atoms with E-state index in [0.717, 1.165) is 49.4 Å². The van der Waals surface area contributed by atoms with Crippen LogP contribution in [0.25, 0.3) is 0 Å².